The fourth-order valence-electron chi connectivity index (χ4n) is 1.81. The molecule has 0 atom stereocenters. The monoisotopic (exact) mass is 216 g/mol. The van der Waals surface area contributed by atoms with E-state index < -0.39 is 0 Å². The molecule has 84 valence electrons. The molecule has 2 aromatic rings. The number of pyridine rings is 1. The third kappa shape index (κ3) is 1.84. The third-order valence-electron chi connectivity index (χ3n) is 2.66. The van der Waals surface area contributed by atoms with Gasteiger partial charge in [0.25, 0.3) is 0 Å². The Hall–Kier alpha value is -1.68. The summed E-state index contributed by atoms with van der Waals surface area (Å²) in [5, 5.41) is 7.67. The second-order valence-corrected chi connectivity index (χ2v) is 3.78. The first kappa shape index (κ1) is 10.8. The molecule has 0 aliphatic carbocycles. The van der Waals surface area contributed by atoms with Gasteiger partial charge in [0, 0.05) is 24.0 Å². The highest BCUT2D eigenvalue weighted by Gasteiger charge is 2.11. The zero-order chi connectivity index (χ0) is 11.5. The van der Waals surface area contributed by atoms with Crippen molar-refractivity contribution in [3.8, 4) is 5.82 Å². The first-order chi connectivity index (χ1) is 7.74. The van der Waals surface area contributed by atoms with Gasteiger partial charge in [-0.3, -0.25) is 0 Å². The van der Waals surface area contributed by atoms with E-state index in [1.807, 2.05) is 36.9 Å². The molecule has 0 unspecified atom stereocenters. The lowest BCUT2D eigenvalue weighted by atomic mass is 10.2. The van der Waals surface area contributed by atoms with Crippen LogP contribution in [0, 0.1) is 13.8 Å². The molecule has 0 aliphatic rings. The van der Waals surface area contributed by atoms with Gasteiger partial charge in [-0.05, 0) is 33.0 Å². The molecule has 4 nitrogen and oxygen atoms in total. The van der Waals surface area contributed by atoms with E-state index in [9.17, 15) is 0 Å². The minimum absolute atomic E-state index is 0.838. The molecule has 2 heterocycles. The summed E-state index contributed by atoms with van der Waals surface area (Å²) < 4.78 is 1.89. The molecule has 2 rings (SSSR count). The van der Waals surface area contributed by atoms with Crippen molar-refractivity contribution in [2.45, 2.75) is 20.4 Å². The Labute approximate surface area is 95.3 Å². The van der Waals surface area contributed by atoms with E-state index in [1.165, 1.54) is 5.56 Å². The van der Waals surface area contributed by atoms with E-state index in [0.717, 1.165) is 23.8 Å². The van der Waals surface area contributed by atoms with Crippen LogP contribution in [0.4, 0.5) is 0 Å². The van der Waals surface area contributed by atoms with E-state index in [1.54, 1.807) is 6.20 Å². The molecule has 16 heavy (non-hydrogen) atoms. The molecule has 1 N–H and O–H groups in total. The highest BCUT2D eigenvalue weighted by molar-refractivity contribution is 5.32. The second-order valence-electron chi connectivity index (χ2n) is 3.78. The maximum Gasteiger partial charge on any atom is 0.153 e. The Morgan fingerprint density at radius 3 is 2.75 bits per heavy atom. The summed E-state index contributed by atoms with van der Waals surface area (Å²) in [6.07, 6.45) is 1.78. The highest BCUT2D eigenvalue weighted by Crippen LogP contribution is 2.15. The van der Waals surface area contributed by atoms with Crippen LogP contribution in [0.2, 0.25) is 0 Å². The van der Waals surface area contributed by atoms with E-state index >= 15 is 0 Å². The van der Waals surface area contributed by atoms with Gasteiger partial charge in [0.1, 0.15) is 0 Å². The maximum atomic E-state index is 4.51. The summed E-state index contributed by atoms with van der Waals surface area (Å²) in [4.78, 5) is 4.30. The smallest absolute Gasteiger partial charge is 0.153 e. The van der Waals surface area contributed by atoms with Gasteiger partial charge in [0.15, 0.2) is 5.82 Å². The Bertz CT molecular complexity index is 473. The predicted octanol–water partition coefficient (Wildman–Crippen LogP) is 1.60. The lowest BCUT2D eigenvalue weighted by Gasteiger charge is -2.03. The molecule has 2 aromatic heterocycles. The number of nitrogens with zero attached hydrogens (tertiary/aromatic N) is 3. The van der Waals surface area contributed by atoms with Crippen LogP contribution in [0.1, 0.15) is 17.0 Å². The largest absolute Gasteiger partial charge is 0.316 e. The highest BCUT2D eigenvalue weighted by atomic mass is 15.3. The number of nitrogens with one attached hydrogen (secondary N) is 1. The van der Waals surface area contributed by atoms with Gasteiger partial charge in [0.2, 0.25) is 0 Å². The second kappa shape index (κ2) is 4.45. The molecule has 4 heteroatoms. The Kier molecular flexibility index (Phi) is 3.01. The lowest BCUT2D eigenvalue weighted by molar-refractivity contribution is 0.792. The van der Waals surface area contributed by atoms with Crippen LogP contribution in [-0.4, -0.2) is 21.8 Å². The van der Waals surface area contributed by atoms with E-state index in [2.05, 4.69) is 22.3 Å². The lowest BCUT2D eigenvalue weighted by Crippen LogP contribution is -2.07. The number of hydrogen-bond donors (Lipinski definition) is 1. The van der Waals surface area contributed by atoms with Crippen molar-refractivity contribution >= 4 is 0 Å². The van der Waals surface area contributed by atoms with Crippen molar-refractivity contribution in [3.63, 3.8) is 0 Å². The first-order valence-electron chi connectivity index (χ1n) is 5.35. The van der Waals surface area contributed by atoms with Crippen LogP contribution in [0.5, 0.6) is 0 Å². The number of aryl methyl sites for hydroxylation is 1. The molecular weight excluding hydrogens is 200 g/mol. The minimum Gasteiger partial charge on any atom is -0.316 e. The standard InChI is InChI=1S/C12H16N4/c1-9-11(8-13-3)10(2)16(15-9)12-6-4-5-7-14-12/h4-7,13H,8H2,1-3H3. The molecule has 0 saturated heterocycles. The van der Waals surface area contributed by atoms with Gasteiger partial charge in [-0.15, -0.1) is 0 Å². The van der Waals surface area contributed by atoms with Gasteiger partial charge in [0.05, 0.1) is 5.69 Å². The number of hydrogen-bond acceptors (Lipinski definition) is 3. The summed E-state index contributed by atoms with van der Waals surface area (Å²) in [5.74, 6) is 0.866. The number of aromatic nitrogens is 3. The van der Waals surface area contributed by atoms with E-state index in [0.29, 0.717) is 0 Å². The maximum absolute atomic E-state index is 4.51. The third-order valence-corrected chi connectivity index (χ3v) is 2.66. The zero-order valence-electron chi connectivity index (χ0n) is 9.86. The van der Waals surface area contributed by atoms with Crippen LogP contribution in [0.15, 0.2) is 24.4 Å². The fraction of sp³-hybridized carbons (Fsp3) is 0.333. The normalized spacial score (nSPS) is 10.7. The molecule has 0 aliphatic heterocycles. The average molecular weight is 216 g/mol. The quantitative estimate of drug-likeness (QED) is 0.847. The molecule has 0 saturated carbocycles. The zero-order valence-corrected chi connectivity index (χ0v) is 9.86. The summed E-state index contributed by atoms with van der Waals surface area (Å²) >= 11 is 0. The summed E-state index contributed by atoms with van der Waals surface area (Å²) in [7, 11) is 1.94. The molecule has 0 fully saturated rings. The first-order valence-corrected chi connectivity index (χ1v) is 5.35. The molecule has 0 radical (unpaired) electrons. The van der Waals surface area contributed by atoms with E-state index in [-0.39, 0.29) is 0 Å². The Morgan fingerprint density at radius 1 is 1.31 bits per heavy atom. The van der Waals surface area contributed by atoms with Crippen molar-refractivity contribution in [1.29, 1.82) is 0 Å². The molecule has 0 spiro atoms. The fourth-order valence-corrected chi connectivity index (χ4v) is 1.81. The molecular formula is C12H16N4. The summed E-state index contributed by atoms with van der Waals surface area (Å²) in [5.41, 5.74) is 3.44. The van der Waals surface area contributed by atoms with Gasteiger partial charge in [-0.1, -0.05) is 6.07 Å². The topological polar surface area (TPSA) is 42.7 Å². The van der Waals surface area contributed by atoms with Gasteiger partial charge in [-0.2, -0.15) is 5.10 Å². The minimum atomic E-state index is 0.838. The van der Waals surface area contributed by atoms with Crippen molar-refractivity contribution < 1.29 is 0 Å². The van der Waals surface area contributed by atoms with Crippen LogP contribution >= 0.6 is 0 Å². The summed E-state index contributed by atoms with van der Waals surface area (Å²) in [6, 6.07) is 5.84. The van der Waals surface area contributed by atoms with Crippen molar-refractivity contribution in [1.82, 2.24) is 20.1 Å². The Morgan fingerprint density at radius 2 is 2.12 bits per heavy atom. The van der Waals surface area contributed by atoms with Gasteiger partial charge < -0.3 is 5.32 Å². The van der Waals surface area contributed by atoms with Crippen molar-refractivity contribution in [2.75, 3.05) is 7.05 Å². The SMILES string of the molecule is CNCc1c(C)nn(-c2ccccn2)c1C. The van der Waals surface area contributed by atoms with Crippen molar-refractivity contribution in [2.24, 2.45) is 0 Å². The molecule has 0 amide bonds. The molecule has 0 bridgehead atoms. The van der Waals surface area contributed by atoms with E-state index in [4.69, 9.17) is 0 Å². The number of rotatable bonds is 3. The van der Waals surface area contributed by atoms with Crippen LogP contribution in [0.25, 0.3) is 5.82 Å². The van der Waals surface area contributed by atoms with Crippen LogP contribution in [0.3, 0.4) is 0 Å². The van der Waals surface area contributed by atoms with Crippen LogP contribution < -0.4 is 5.32 Å². The van der Waals surface area contributed by atoms with Crippen molar-refractivity contribution in [3.05, 3.63) is 41.3 Å². The van der Waals surface area contributed by atoms with Gasteiger partial charge in [-0.25, -0.2) is 9.67 Å². The average Bonchev–Trinajstić information content (AvgIpc) is 2.59. The summed E-state index contributed by atoms with van der Waals surface area (Å²) in [6.45, 7) is 4.94. The van der Waals surface area contributed by atoms with Crippen LogP contribution in [-0.2, 0) is 6.54 Å². The molecule has 0 aromatic carbocycles. The predicted molar refractivity (Wildman–Crippen MR) is 63.6 cm³/mol. The Balaban J connectivity index is 2.47. The van der Waals surface area contributed by atoms with Gasteiger partial charge >= 0.3 is 0 Å².